The van der Waals surface area contributed by atoms with Gasteiger partial charge in [0.1, 0.15) is 11.6 Å². The Morgan fingerprint density at radius 1 is 1.32 bits per heavy atom. The minimum Gasteiger partial charge on any atom is -0.387 e. The first kappa shape index (κ1) is 14.4. The number of aliphatic hydroxyl groups is 1. The summed E-state index contributed by atoms with van der Waals surface area (Å²) in [6.45, 7) is 1.78. The lowest BCUT2D eigenvalue weighted by Crippen LogP contribution is -2.39. The predicted molar refractivity (Wildman–Crippen MR) is 67.8 cm³/mol. The Kier molecular flexibility index (Phi) is 4.85. The van der Waals surface area contributed by atoms with Crippen molar-refractivity contribution in [3.63, 3.8) is 0 Å². The molecule has 1 aromatic rings. The van der Waals surface area contributed by atoms with Crippen LogP contribution in [0, 0.1) is 11.6 Å². The summed E-state index contributed by atoms with van der Waals surface area (Å²) in [5.74, 6) is -1.39. The molecule has 1 aliphatic heterocycles. The Morgan fingerprint density at radius 2 is 1.89 bits per heavy atom. The van der Waals surface area contributed by atoms with Gasteiger partial charge in [-0.05, 0) is 25.0 Å². The molecule has 1 unspecified atom stereocenters. The van der Waals surface area contributed by atoms with Crippen LogP contribution in [0.4, 0.5) is 8.78 Å². The zero-order chi connectivity index (χ0) is 13.8. The summed E-state index contributed by atoms with van der Waals surface area (Å²) in [4.78, 5) is 2.01. The van der Waals surface area contributed by atoms with Crippen molar-refractivity contribution in [3.05, 3.63) is 35.4 Å². The second-order valence-corrected chi connectivity index (χ2v) is 4.89. The summed E-state index contributed by atoms with van der Waals surface area (Å²) in [6, 6.07) is 3.63. The van der Waals surface area contributed by atoms with Crippen LogP contribution in [0.3, 0.4) is 0 Å². The van der Waals surface area contributed by atoms with E-state index in [4.69, 9.17) is 4.74 Å². The van der Waals surface area contributed by atoms with Crippen molar-refractivity contribution in [1.29, 1.82) is 0 Å². The summed E-state index contributed by atoms with van der Waals surface area (Å²) in [6.07, 6.45) is 0.866. The van der Waals surface area contributed by atoms with Crippen LogP contribution in [0.15, 0.2) is 18.2 Å². The van der Waals surface area contributed by atoms with Gasteiger partial charge in [-0.2, -0.15) is 0 Å². The van der Waals surface area contributed by atoms with E-state index in [-0.39, 0.29) is 18.2 Å². The largest absolute Gasteiger partial charge is 0.387 e. The third-order valence-corrected chi connectivity index (χ3v) is 3.63. The van der Waals surface area contributed by atoms with E-state index < -0.39 is 17.7 Å². The van der Waals surface area contributed by atoms with Gasteiger partial charge in [-0.15, -0.1) is 0 Å². The van der Waals surface area contributed by atoms with Crippen LogP contribution in [0.2, 0.25) is 0 Å². The van der Waals surface area contributed by atoms with Gasteiger partial charge in [0.25, 0.3) is 0 Å². The molecule has 1 N–H and O–H groups in total. The first-order chi connectivity index (χ1) is 9.11. The molecule has 3 nitrogen and oxygen atoms in total. The molecule has 1 heterocycles. The number of β-amino-alcohol motifs (C(OH)–C–C–N with tert-alkyl or cyclic N) is 1. The molecule has 1 aliphatic rings. The molecule has 1 saturated heterocycles. The van der Waals surface area contributed by atoms with Crippen molar-refractivity contribution in [2.24, 2.45) is 0 Å². The second kappa shape index (κ2) is 6.41. The van der Waals surface area contributed by atoms with E-state index >= 15 is 0 Å². The highest BCUT2D eigenvalue weighted by Crippen LogP contribution is 2.23. The van der Waals surface area contributed by atoms with Gasteiger partial charge < -0.3 is 14.7 Å². The van der Waals surface area contributed by atoms with Crippen LogP contribution in [0.1, 0.15) is 24.5 Å². The normalized spacial score (nSPS) is 19.6. The Morgan fingerprint density at radius 3 is 2.42 bits per heavy atom. The van der Waals surface area contributed by atoms with Crippen molar-refractivity contribution in [2.75, 3.05) is 26.7 Å². The fourth-order valence-corrected chi connectivity index (χ4v) is 2.49. The van der Waals surface area contributed by atoms with E-state index in [0.717, 1.165) is 25.9 Å². The SMILES string of the molecule is COC1CCN(CC(O)c2c(F)cccc2F)CC1. The quantitative estimate of drug-likeness (QED) is 0.910. The van der Waals surface area contributed by atoms with E-state index in [1.807, 2.05) is 4.90 Å². The molecular weight excluding hydrogens is 252 g/mol. The van der Waals surface area contributed by atoms with Gasteiger partial charge in [0, 0.05) is 26.7 Å². The van der Waals surface area contributed by atoms with Gasteiger partial charge in [0.15, 0.2) is 0 Å². The molecule has 1 fully saturated rings. The van der Waals surface area contributed by atoms with E-state index in [9.17, 15) is 13.9 Å². The standard InChI is InChI=1S/C14H19F2NO2/c1-19-10-5-7-17(8-6-10)9-13(18)14-11(15)3-2-4-12(14)16/h2-4,10,13,18H,5-9H2,1H3. The molecule has 0 amide bonds. The fourth-order valence-electron chi connectivity index (χ4n) is 2.49. The predicted octanol–water partition coefficient (Wildman–Crippen LogP) is 2.11. The number of piperidine rings is 1. The van der Waals surface area contributed by atoms with Crippen molar-refractivity contribution in [1.82, 2.24) is 4.90 Å². The van der Waals surface area contributed by atoms with Gasteiger partial charge in [-0.1, -0.05) is 6.07 Å². The summed E-state index contributed by atoms with van der Waals surface area (Å²) in [5, 5.41) is 10.0. The number of likely N-dealkylation sites (tertiary alicyclic amines) is 1. The van der Waals surface area contributed by atoms with E-state index in [0.29, 0.717) is 0 Å². The van der Waals surface area contributed by atoms with Crippen molar-refractivity contribution in [2.45, 2.75) is 25.0 Å². The first-order valence-corrected chi connectivity index (χ1v) is 6.49. The number of hydrogen-bond donors (Lipinski definition) is 1. The lowest BCUT2D eigenvalue weighted by molar-refractivity contribution is 0.0231. The second-order valence-electron chi connectivity index (χ2n) is 4.89. The smallest absolute Gasteiger partial charge is 0.131 e. The molecule has 0 saturated carbocycles. The minimum atomic E-state index is -1.14. The lowest BCUT2D eigenvalue weighted by Gasteiger charge is -2.32. The molecular formula is C14H19F2NO2. The average molecular weight is 271 g/mol. The van der Waals surface area contributed by atoms with Crippen molar-refractivity contribution >= 4 is 0 Å². The number of rotatable bonds is 4. The molecule has 2 rings (SSSR count). The number of ether oxygens (including phenoxy) is 1. The van der Waals surface area contributed by atoms with Gasteiger partial charge in [0.2, 0.25) is 0 Å². The highest BCUT2D eigenvalue weighted by molar-refractivity contribution is 5.22. The average Bonchev–Trinajstić information content (AvgIpc) is 2.39. The molecule has 0 bridgehead atoms. The number of aliphatic hydroxyl groups excluding tert-OH is 1. The van der Waals surface area contributed by atoms with Crippen LogP contribution in [-0.4, -0.2) is 42.9 Å². The molecule has 0 spiro atoms. The van der Waals surface area contributed by atoms with Crippen LogP contribution < -0.4 is 0 Å². The molecule has 5 heteroatoms. The lowest BCUT2D eigenvalue weighted by atomic mass is 10.0. The maximum atomic E-state index is 13.5. The molecule has 1 atom stereocenters. The van der Waals surface area contributed by atoms with Crippen LogP contribution in [-0.2, 0) is 4.74 Å². The zero-order valence-electron chi connectivity index (χ0n) is 11.0. The fraction of sp³-hybridized carbons (Fsp3) is 0.571. The summed E-state index contributed by atoms with van der Waals surface area (Å²) < 4.78 is 32.3. The van der Waals surface area contributed by atoms with E-state index in [2.05, 4.69) is 0 Å². The highest BCUT2D eigenvalue weighted by Gasteiger charge is 2.24. The highest BCUT2D eigenvalue weighted by atomic mass is 19.1. The number of methoxy groups -OCH3 is 1. The van der Waals surface area contributed by atoms with Crippen LogP contribution in [0.25, 0.3) is 0 Å². The Bertz CT molecular complexity index is 400. The Labute approximate surface area is 111 Å². The molecule has 19 heavy (non-hydrogen) atoms. The third-order valence-electron chi connectivity index (χ3n) is 3.63. The molecule has 0 radical (unpaired) electrons. The number of nitrogens with zero attached hydrogens (tertiary/aromatic N) is 1. The van der Waals surface area contributed by atoms with Crippen molar-refractivity contribution < 1.29 is 18.6 Å². The first-order valence-electron chi connectivity index (χ1n) is 6.49. The number of benzene rings is 1. The molecule has 0 aromatic heterocycles. The maximum Gasteiger partial charge on any atom is 0.131 e. The zero-order valence-corrected chi connectivity index (χ0v) is 11.0. The number of halogens is 2. The summed E-state index contributed by atoms with van der Waals surface area (Å²) in [7, 11) is 1.68. The van der Waals surface area contributed by atoms with Gasteiger partial charge in [-0.25, -0.2) is 8.78 Å². The van der Waals surface area contributed by atoms with Gasteiger partial charge >= 0.3 is 0 Å². The van der Waals surface area contributed by atoms with Crippen molar-refractivity contribution in [3.8, 4) is 0 Å². The van der Waals surface area contributed by atoms with Gasteiger partial charge in [-0.3, -0.25) is 0 Å². The maximum absolute atomic E-state index is 13.5. The number of hydrogen-bond acceptors (Lipinski definition) is 3. The van der Waals surface area contributed by atoms with E-state index in [1.54, 1.807) is 7.11 Å². The topological polar surface area (TPSA) is 32.7 Å². The minimum absolute atomic E-state index is 0.239. The Balaban J connectivity index is 1.96. The van der Waals surface area contributed by atoms with Gasteiger partial charge in [0.05, 0.1) is 17.8 Å². The summed E-state index contributed by atoms with van der Waals surface area (Å²) in [5.41, 5.74) is -0.239. The third kappa shape index (κ3) is 3.49. The molecule has 0 aliphatic carbocycles. The monoisotopic (exact) mass is 271 g/mol. The molecule has 106 valence electrons. The van der Waals surface area contributed by atoms with E-state index in [1.165, 1.54) is 18.2 Å². The van der Waals surface area contributed by atoms with Crippen LogP contribution >= 0.6 is 0 Å². The van der Waals surface area contributed by atoms with Crippen LogP contribution in [0.5, 0.6) is 0 Å². The summed E-state index contributed by atoms with van der Waals surface area (Å²) >= 11 is 0. The molecule has 1 aromatic carbocycles. The Hall–Kier alpha value is -1.04.